The highest BCUT2D eigenvalue weighted by atomic mass is 16.3. The molecule has 1 aromatic carbocycles. The first-order chi connectivity index (χ1) is 8.49. The number of hydrogen-bond donors (Lipinski definition) is 2. The second-order valence-electron chi connectivity index (χ2n) is 4.96. The Labute approximate surface area is 104 Å². The van der Waals surface area contributed by atoms with E-state index in [1.54, 1.807) is 31.2 Å². The third-order valence-corrected chi connectivity index (χ3v) is 3.48. The van der Waals surface area contributed by atoms with Crippen LogP contribution in [0.15, 0.2) is 35.5 Å². The van der Waals surface area contributed by atoms with Crippen molar-refractivity contribution >= 4 is 11.6 Å². The van der Waals surface area contributed by atoms with E-state index < -0.39 is 5.72 Å². The minimum atomic E-state index is -1.12. The van der Waals surface area contributed by atoms with Crippen LogP contribution in [-0.2, 0) is 0 Å². The largest absolute Gasteiger partial charge is 0.371 e. The van der Waals surface area contributed by atoms with E-state index in [9.17, 15) is 14.7 Å². The first-order valence-corrected chi connectivity index (χ1v) is 5.92. The molecule has 0 spiro atoms. The van der Waals surface area contributed by atoms with E-state index in [2.05, 4.69) is 5.32 Å². The molecule has 1 aliphatic heterocycles. The summed E-state index contributed by atoms with van der Waals surface area (Å²) in [5.41, 5.74) is 0.498. The smallest absolute Gasteiger partial charge is 0.210 e. The Morgan fingerprint density at radius 2 is 1.78 bits per heavy atom. The molecule has 0 aromatic heterocycles. The van der Waals surface area contributed by atoms with Crippen molar-refractivity contribution in [3.05, 3.63) is 46.7 Å². The highest BCUT2D eigenvalue weighted by molar-refractivity contribution is 6.26. The van der Waals surface area contributed by atoms with Gasteiger partial charge in [-0.05, 0) is 19.8 Å². The summed E-state index contributed by atoms with van der Waals surface area (Å²) in [6.07, 6.45) is 0.848. The van der Waals surface area contributed by atoms with Crippen LogP contribution in [0.25, 0.3) is 0 Å². The zero-order valence-electron chi connectivity index (χ0n) is 9.99. The minimum absolute atomic E-state index is 0.108. The minimum Gasteiger partial charge on any atom is -0.371 e. The molecule has 3 rings (SSSR count). The molecule has 1 aliphatic carbocycles. The van der Waals surface area contributed by atoms with Crippen molar-refractivity contribution in [2.45, 2.75) is 25.5 Å². The van der Waals surface area contributed by atoms with E-state index in [0.29, 0.717) is 29.5 Å². The molecule has 0 fully saturated rings. The molecule has 4 nitrogen and oxygen atoms in total. The number of ketones is 2. The molecule has 1 aromatic rings. The van der Waals surface area contributed by atoms with Crippen molar-refractivity contribution in [2.24, 2.45) is 0 Å². The fourth-order valence-corrected chi connectivity index (χ4v) is 2.50. The average molecular weight is 243 g/mol. The Balaban J connectivity index is 2.16. The highest BCUT2D eigenvalue weighted by Gasteiger charge is 2.38. The second-order valence-corrected chi connectivity index (χ2v) is 4.96. The number of benzene rings is 1. The third kappa shape index (κ3) is 1.49. The van der Waals surface area contributed by atoms with Crippen LogP contribution in [-0.4, -0.2) is 22.4 Å². The lowest BCUT2D eigenvalue weighted by Gasteiger charge is -2.35. The summed E-state index contributed by atoms with van der Waals surface area (Å²) in [7, 11) is 0. The number of fused-ring (bicyclic) bond motifs is 1. The standard InChI is InChI=1S/C14H13NO3/c1-14(18)7-6-10-11(15-14)13(17)9-5-3-2-4-8(9)12(10)16/h2-5,15,18H,6-7H2,1H3. The molecule has 1 unspecified atom stereocenters. The monoisotopic (exact) mass is 243 g/mol. The van der Waals surface area contributed by atoms with Gasteiger partial charge in [-0.25, -0.2) is 0 Å². The van der Waals surface area contributed by atoms with Gasteiger partial charge in [0.25, 0.3) is 0 Å². The molecule has 1 heterocycles. The summed E-state index contributed by atoms with van der Waals surface area (Å²) >= 11 is 0. The first kappa shape index (κ1) is 11.2. The Morgan fingerprint density at radius 3 is 2.44 bits per heavy atom. The molecule has 0 saturated heterocycles. The van der Waals surface area contributed by atoms with Crippen molar-refractivity contribution < 1.29 is 14.7 Å². The molecule has 0 radical (unpaired) electrons. The van der Waals surface area contributed by atoms with Crippen LogP contribution in [0.4, 0.5) is 0 Å². The number of nitrogens with one attached hydrogen (secondary N) is 1. The second kappa shape index (κ2) is 3.53. The quantitative estimate of drug-likeness (QED) is 0.723. The normalized spacial score (nSPS) is 26.6. The Morgan fingerprint density at radius 1 is 1.17 bits per heavy atom. The predicted octanol–water partition coefficient (Wildman–Crippen LogP) is 1.41. The van der Waals surface area contributed by atoms with Gasteiger partial charge in [-0.15, -0.1) is 0 Å². The highest BCUT2D eigenvalue weighted by Crippen LogP contribution is 2.33. The maximum atomic E-state index is 12.3. The number of aliphatic hydroxyl groups is 1. The van der Waals surface area contributed by atoms with Crippen molar-refractivity contribution in [3.63, 3.8) is 0 Å². The van der Waals surface area contributed by atoms with Crippen LogP contribution in [0, 0.1) is 0 Å². The summed E-state index contributed by atoms with van der Waals surface area (Å²) in [6.45, 7) is 1.61. The molecule has 2 N–H and O–H groups in total. The molecule has 18 heavy (non-hydrogen) atoms. The summed E-state index contributed by atoms with van der Waals surface area (Å²) in [4.78, 5) is 24.6. The van der Waals surface area contributed by atoms with Gasteiger partial charge in [0.1, 0.15) is 5.72 Å². The van der Waals surface area contributed by atoms with Crippen LogP contribution in [0.1, 0.15) is 40.5 Å². The fourth-order valence-electron chi connectivity index (χ4n) is 2.50. The summed E-state index contributed by atoms with van der Waals surface area (Å²) in [5.74, 6) is -0.316. The maximum Gasteiger partial charge on any atom is 0.210 e. The predicted molar refractivity (Wildman–Crippen MR) is 65.1 cm³/mol. The Kier molecular flexibility index (Phi) is 2.19. The number of allylic oxidation sites excluding steroid dienone is 2. The van der Waals surface area contributed by atoms with E-state index in [0.717, 1.165) is 0 Å². The molecule has 1 atom stereocenters. The van der Waals surface area contributed by atoms with Crippen LogP contribution < -0.4 is 5.32 Å². The fraction of sp³-hybridized carbons (Fsp3) is 0.286. The van der Waals surface area contributed by atoms with Crippen molar-refractivity contribution in [2.75, 3.05) is 0 Å². The van der Waals surface area contributed by atoms with E-state index in [4.69, 9.17) is 0 Å². The Bertz CT molecular complexity index is 599. The number of Topliss-reactive ketones (excluding diaryl/α,β-unsaturated/α-hetero) is 2. The van der Waals surface area contributed by atoms with Crippen molar-refractivity contribution in [1.82, 2.24) is 5.32 Å². The van der Waals surface area contributed by atoms with Gasteiger partial charge >= 0.3 is 0 Å². The van der Waals surface area contributed by atoms with E-state index in [1.807, 2.05) is 0 Å². The lowest BCUT2D eigenvalue weighted by molar-refractivity contribution is 0.0185. The van der Waals surface area contributed by atoms with Crippen LogP contribution >= 0.6 is 0 Å². The molecule has 0 saturated carbocycles. The zero-order valence-corrected chi connectivity index (χ0v) is 9.99. The topological polar surface area (TPSA) is 66.4 Å². The summed E-state index contributed by atoms with van der Waals surface area (Å²) < 4.78 is 0. The number of carbonyl (C=O) groups is 2. The van der Waals surface area contributed by atoms with E-state index >= 15 is 0 Å². The molecular weight excluding hydrogens is 230 g/mol. The van der Waals surface area contributed by atoms with Gasteiger partial charge in [-0.1, -0.05) is 24.3 Å². The average Bonchev–Trinajstić information content (AvgIpc) is 2.35. The van der Waals surface area contributed by atoms with Gasteiger partial charge in [-0.2, -0.15) is 0 Å². The van der Waals surface area contributed by atoms with E-state index in [-0.39, 0.29) is 17.3 Å². The van der Waals surface area contributed by atoms with Crippen molar-refractivity contribution in [3.8, 4) is 0 Å². The molecule has 92 valence electrons. The SMILES string of the molecule is CC1(O)CCC2=C(N1)C(=O)c1ccccc1C2=O. The number of carbonyl (C=O) groups excluding carboxylic acids is 2. The maximum absolute atomic E-state index is 12.3. The van der Waals surface area contributed by atoms with Gasteiger partial charge in [0.05, 0.1) is 5.70 Å². The molecule has 0 amide bonds. The van der Waals surface area contributed by atoms with Gasteiger partial charge in [0.15, 0.2) is 5.78 Å². The first-order valence-electron chi connectivity index (χ1n) is 5.92. The van der Waals surface area contributed by atoms with Crippen molar-refractivity contribution in [1.29, 1.82) is 0 Å². The molecule has 2 aliphatic rings. The summed E-state index contributed by atoms with van der Waals surface area (Å²) in [6, 6.07) is 6.80. The van der Waals surface area contributed by atoms with Gasteiger partial charge < -0.3 is 10.4 Å². The lowest BCUT2D eigenvalue weighted by atomic mass is 9.82. The number of rotatable bonds is 0. The van der Waals surface area contributed by atoms with Crippen LogP contribution in [0.3, 0.4) is 0 Å². The zero-order chi connectivity index (χ0) is 12.9. The molecular formula is C14H13NO3. The summed E-state index contributed by atoms with van der Waals surface area (Å²) in [5, 5.41) is 12.7. The van der Waals surface area contributed by atoms with Crippen LogP contribution in [0.2, 0.25) is 0 Å². The van der Waals surface area contributed by atoms with Crippen LogP contribution in [0.5, 0.6) is 0 Å². The molecule has 0 bridgehead atoms. The van der Waals surface area contributed by atoms with Gasteiger partial charge in [0.2, 0.25) is 5.78 Å². The number of hydrogen-bond acceptors (Lipinski definition) is 4. The Hall–Kier alpha value is -1.94. The van der Waals surface area contributed by atoms with E-state index in [1.165, 1.54) is 0 Å². The van der Waals surface area contributed by atoms with Gasteiger partial charge in [0, 0.05) is 16.7 Å². The third-order valence-electron chi connectivity index (χ3n) is 3.48. The van der Waals surface area contributed by atoms with Gasteiger partial charge in [-0.3, -0.25) is 9.59 Å². The molecule has 4 heteroatoms. The lowest BCUT2D eigenvalue weighted by Crippen LogP contribution is -2.48.